The summed E-state index contributed by atoms with van der Waals surface area (Å²) in [4.78, 5) is 0. The van der Waals surface area contributed by atoms with Crippen molar-refractivity contribution in [2.24, 2.45) is 0 Å². The van der Waals surface area contributed by atoms with Gasteiger partial charge < -0.3 is 12.5 Å². The summed E-state index contributed by atoms with van der Waals surface area (Å²) in [6.07, 6.45) is 1.05. The van der Waals surface area contributed by atoms with Crippen molar-refractivity contribution in [2.45, 2.75) is 25.6 Å². The third-order valence-corrected chi connectivity index (χ3v) is 4.45. The van der Waals surface area contributed by atoms with E-state index < -0.39 is 0 Å². The normalized spacial score (nSPS) is 9.04. The Kier molecular flexibility index (Phi) is 24.4. The zero-order valence-electron chi connectivity index (χ0n) is 15.3. The fraction of sp³-hybridized carbons (Fsp3) is 0.278. The van der Waals surface area contributed by atoms with Crippen LogP contribution in [0.25, 0.3) is 11.1 Å². The van der Waals surface area contributed by atoms with Gasteiger partial charge >= 0.3 is 23.7 Å². The van der Waals surface area contributed by atoms with Crippen LogP contribution in [0.1, 0.15) is 11.1 Å². The summed E-state index contributed by atoms with van der Waals surface area (Å²) < 4.78 is 8.25. The predicted octanol–water partition coefficient (Wildman–Crippen LogP) is 3.78. The fourth-order valence-corrected chi connectivity index (χ4v) is 2.67. The zero-order chi connectivity index (χ0) is 15.7. The van der Waals surface area contributed by atoms with E-state index in [0.717, 1.165) is 32.9 Å². The summed E-state index contributed by atoms with van der Waals surface area (Å²) in [5.74, 6) is 0. The third-order valence-electron chi connectivity index (χ3n) is 3.23. The number of benzene rings is 2. The van der Waals surface area contributed by atoms with Crippen molar-refractivity contribution in [3.05, 3.63) is 67.1 Å². The molecule has 2 aromatic rings. The van der Waals surface area contributed by atoms with Crippen molar-refractivity contribution in [3.8, 4) is 11.1 Å². The molecule has 2 radical (unpaired) electrons. The number of hydrogen-bond donors (Lipinski definition) is 1. The molecule has 1 aliphatic rings. The first-order chi connectivity index (χ1) is 10.2. The molecule has 3 rings (SSSR count). The van der Waals surface area contributed by atoms with Gasteiger partial charge in [0.25, 0.3) is 0 Å². The SMILES string of the molecule is C[Si](C)CCO.Cl.Cl.[CH3-].[O]=[Ti+2].[SiH3].[c-]1cccc2c1Cc1ccccc1-2. The molecule has 0 saturated carbocycles. The number of aliphatic hydroxyl groups excluding tert-OH is 1. The molecule has 7 heteroatoms. The minimum absolute atomic E-state index is 0. The fourth-order valence-electron chi connectivity index (χ4n) is 2.22. The number of hydrogen-bond acceptors (Lipinski definition) is 2. The van der Waals surface area contributed by atoms with Crippen molar-refractivity contribution in [3.63, 3.8) is 0 Å². The molecule has 1 aliphatic carbocycles. The molecule has 0 fully saturated rings. The Labute approximate surface area is 183 Å². The van der Waals surface area contributed by atoms with E-state index in [2.05, 4.69) is 55.6 Å². The molecule has 0 bridgehead atoms. The van der Waals surface area contributed by atoms with E-state index in [4.69, 9.17) is 8.43 Å². The monoisotopic (exact) mass is 450 g/mol. The summed E-state index contributed by atoms with van der Waals surface area (Å²) in [7, 11) is -0.136. The van der Waals surface area contributed by atoms with Gasteiger partial charge in [-0.15, -0.1) is 30.4 Å². The minimum atomic E-state index is -0.136. The van der Waals surface area contributed by atoms with E-state index in [-0.39, 0.29) is 52.0 Å². The molecule has 25 heavy (non-hydrogen) atoms. The van der Waals surface area contributed by atoms with Crippen LogP contribution in [0, 0.1) is 13.5 Å². The maximum absolute atomic E-state index is 8.26. The van der Waals surface area contributed by atoms with Gasteiger partial charge in [0, 0.05) is 15.4 Å². The summed E-state index contributed by atoms with van der Waals surface area (Å²) in [6.45, 7) is 4.77. The Morgan fingerprint density at radius 2 is 1.64 bits per heavy atom. The van der Waals surface area contributed by atoms with Gasteiger partial charge in [-0.2, -0.15) is 29.8 Å². The van der Waals surface area contributed by atoms with Crippen molar-refractivity contribution < 1.29 is 28.8 Å². The first-order valence-electron chi connectivity index (χ1n) is 6.90. The van der Waals surface area contributed by atoms with E-state index in [0.29, 0.717) is 6.61 Å². The average molecular weight is 451 g/mol. The summed E-state index contributed by atoms with van der Waals surface area (Å²) >= 11 is 0.750. The predicted molar refractivity (Wildman–Crippen MR) is 114 cm³/mol. The molecule has 0 aromatic heterocycles. The molecule has 138 valence electrons. The van der Waals surface area contributed by atoms with Crippen molar-refractivity contribution in [2.75, 3.05) is 6.61 Å². The second kappa shape index (κ2) is 18.7. The smallest absolute Gasteiger partial charge is 0.0125 e. The summed E-state index contributed by atoms with van der Waals surface area (Å²) in [5, 5.41) is 8.26. The maximum Gasteiger partial charge on any atom is -0.0125 e. The molecule has 0 aliphatic heterocycles. The number of aliphatic hydroxyl groups is 1. The molecule has 2 nitrogen and oxygen atoms in total. The molecular weight excluding hydrogens is 423 g/mol. The van der Waals surface area contributed by atoms with Crippen LogP contribution in [0.2, 0.25) is 19.1 Å². The molecule has 0 atom stereocenters. The third kappa shape index (κ3) is 10.6. The van der Waals surface area contributed by atoms with E-state index in [1.807, 2.05) is 6.07 Å². The van der Waals surface area contributed by atoms with Gasteiger partial charge in [0.1, 0.15) is 0 Å². The van der Waals surface area contributed by atoms with E-state index in [9.17, 15) is 0 Å². The Bertz CT molecular complexity index is 529. The Morgan fingerprint density at radius 1 is 1.08 bits per heavy atom. The van der Waals surface area contributed by atoms with Gasteiger partial charge in [-0.3, -0.25) is 0 Å². The van der Waals surface area contributed by atoms with Gasteiger partial charge in [-0.05, 0) is 23.4 Å². The first kappa shape index (κ1) is 32.6. The molecular formula is C18H28Cl2O2Si2Ti. The molecule has 0 heterocycles. The van der Waals surface area contributed by atoms with Crippen LogP contribution in [0.5, 0.6) is 0 Å². The number of halogens is 2. The molecule has 0 spiro atoms. The molecule has 1 N–H and O–H groups in total. The zero-order valence-corrected chi connectivity index (χ0v) is 21.5. The van der Waals surface area contributed by atoms with E-state index in [1.165, 1.54) is 22.3 Å². The Balaban J connectivity index is -0.000000163. The Hall–Kier alpha value is -0.0719. The molecule has 0 saturated heterocycles. The van der Waals surface area contributed by atoms with Gasteiger partial charge in [-0.1, -0.05) is 48.5 Å². The topological polar surface area (TPSA) is 37.3 Å². The Morgan fingerprint density at radius 3 is 2.16 bits per heavy atom. The van der Waals surface area contributed by atoms with E-state index >= 15 is 0 Å². The number of rotatable bonds is 2. The summed E-state index contributed by atoms with van der Waals surface area (Å²) in [6, 6.07) is 19.1. The van der Waals surface area contributed by atoms with Crippen LogP contribution in [-0.4, -0.2) is 31.5 Å². The van der Waals surface area contributed by atoms with Crippen LogP contribution in [-0.2, 0) is 30.1 Å². The average Bonchev–Trinajstić information content (AvgIpc) is 2.88. The van der Waals surface area contributed by atoms with Gasteiger partial charge in [0.2, 0.25) is 0 Å². The quantitative estimate of drug-likeness (QED) is 0.476. The van der Waals surface area contributed by atoms with Crippen LogP contribution in [0.4, 0.5) is 0 Å². The van der Waals surface area contributed by atoms with Crippen molar-refractivity contribution >= 4 is 44.6 Å². The number of fused-ring (bicyclic) bond motifs is 3. The van der Waals surface area contributed by atoms with E-state index in [1.54, 1.807) is 0 Å². The standard InChI is InChI=1S/C13H9.C4H11OSi.CH3.2ClH.O.H3Si.Ti/c1-3-7-12-10(5-1)9-11-6-2-4-8-13(11)12;1-6(2)4-3-5;;;;;;/h1-5,7-8H,9H2;5H,3-4H2,1-2H3;1H3;2*1H;;1H3;/q-1;;-1;;;;;+2. The second-order valence-corrected chi connectivity index (χ2v) is 7.99. The van der Waals surface area contributed by atoms with Crippen LogP contribution in [0.15, 0.2) is 42.5 Å². The van der Waals surface area contributed by atoms with Gasteiger partial charge in [0.05, 0.1) is 0 Å². The maximum atomic E-state index is 8.26. The molecule has 2 aromatic carbocycles. The van der Waals surface area contributed by atoms with Gasteiger partial charge in [0.15, 0.2) is 0 Å². The summed E-state index contributed by atoms with van der Waals surface area (Å²) in [5.41, 5.74) is 5.51. The van der Waals surface area contributed by atoms with Crippen molar-refractivity contribution in [1.82, 2.24) is 0 Å². The minimum Gasteiger partial charge on any atom is -0.179 e. The largest absolute Gasteiger partial charge is 0.179 e. The van der Waals surface area contributed by atoms with Crippen molar-refractivity contribution in [1.29, 1.82) is 0 Å². The molecule has 0 amide bonds. The van der Waals surface area contributed by atoms with Crippen LogP contribution < -0.4 is 0 Å². The van der Waals surface area contributed by atoms with Crippen LogP contribution in [0.3, 0.4) is 0 Å². The first-order valence-corrected chi connectivity index (χ1v) is 10.2. The second-order valence-electron chi connectivity index (χ2n) is 5.08. The van der Waals surface area contributed by atoms with Gasteiger partial charge in [-0.25, -0.2) is 0 Å². The molecule has 0 unspecified atom stereocenters. The van der Waals surface area contributed by atoms with Crippen LogP contribution >= 0.6 is 24.8 Å².